The minimum absolute atomic E-state index is 0.869. The maximum Gasteiger partial charge on any atom is 0.00865 e. The Labute approximate surface area is 69.0 Å². The molecule has 0 heterocycles. The lowest BCUT2D eigenvalue weighted by molar-refractivity contribution is 0.499. The lowest BCUT2D eigenvalue weighted by Crippen LogP contribution is -2.07. The van der Waals surface area contributed by atoms with Crippen LogP contribution in [0.15, 0.2) is 23.3 Å². The number of rotatable bonds is 1. The predicted molar refractivity (Wildman–Crippen MR) is 48.1 cm³/mol. The molecule has 1 unspecified atom stereocenters. The van der Waals surface area contributed by atoms with Gasteiger partial charge in [0.15, 0.2) is 0 Å². The SMILES string of the molecule is CCC1CCCC2=C1C=C[CH]2. The van der Waals surface area contributed by atoms with E-state index in [0.717, 1.165) is 5.92 Å². The van der Waals surface area contributed by atoms with Crippen LogP contribution in [0, 0.1) is 12.3 Å². The van der Waals surface area contributed by atoms with E-state index in [1.807, 2.05) is 0 Å². The van der Waals surface area contributed by atoms with Crippen molar-refractivity contribution in [3.8, 4) is 0 Å². The normalized spacial score (nSPS) is 29.4. The van der Waals surface area contributed by atoms with E-state index >= 15 is 0 Å². The van der Waals surface area contributed by atoms with Gasteiger partial charge in [-0.1, -0.05) is 24.6 Å². The van der Waals surface area contributed by atoms with Crippen molar-refractivity contribution in [3.63, 3.8) is 0 Å². The minimum atomic E-state index is 0.869. The van der Waals surface area contributed by atoms with Crippen molar-refractivity contribution in [2.24, 2.45) is 5.92 Å². The van der Waals surface area contributed by atoms with Gasteiger partial charge in [0.1, 0.15) is 0 Å². The van der Waals surface area contributed by atoms with Gasteiger partial charge >= 0.3 is 0 Å². The summed E-state index contributed by atoms with van der Waals surface area (Å²) in [6, 6.07) is 0. The zero-order valence-corrected chi connectivity index (χ0v) is 7.14. The van der Waals surface area contributed by atoms with Gasteiger partial charge < -0.3 is 0 Å². The molecule has 0 saturated heterocycles. The van der Waals surface area contributed by atoms with Crippen molar-refractivity contribution >= 4 is 0 Å². The average Bonchev–Trinajstić information content (AvgIpc) is 2.50. The van der Waals surface area contributed by atoms with Crippen LogP contribution >= 0.6 is 0 Å². The largest absolute Gasteiger partial charge is 0.0761 e. The van der Waals surface area contributed by atoms with Gasteiger partial charge in [0, 0.05) is 6.42 Å². The Balaban J connectivity index is 2.23. The Bertz CT molecular complexity index is 208. The van der Waals surface area contributed by atoms with E-state index in [4.69, 9.17) is 0 Å². The van der Waals surface area contributed by atoms with Crippen LogP contribution in [0.1, 0.15) is 32.6 Å². The molecule has 2 aliphatic carbocycles. The van der Waals surface area contributed by atoms with E-state index < -0.39 is 0 Å². The molecule has 1 atom stereocenters. The van der Waals surface area contributed by atoms with E-state index in [1.54, 1.807) is 11.1 Å². The lowest BCUT2D eigenvalue weighted by Gasteiger charge is -2.22. The molecule has 0 fully saturated rings. The quantitative estimate of drug-likeness (QED) is 0.534. The van der Waals surface area contributed by atoms with Crippen LogP contribution in [0.2, 0.25) is 0 Å². The van der Waals surface area contributed by atoms with Crippen LogP contribution in [-0.2, 0) is 0 Å². The fourth-order valence-electron chi connectivity index (χ4n) is 2.22. The van der Waals surface area contributed by atoms with Gasteiger partial charge in [0.05, 0.1) is 0 Å². The average molecular weight is 147 g/mol. The molecule has 0 bridgehead atoms. The van der Waals surface area contributed by atoms with E-state index in [1.165, 1.54) is 25.7 Å². The first kappa shape index (κ1) is 7.15. The monoisotopic (exact) mass is 147 g/mol. The van der Waals surface area contributed by atoms with Crippen LogP contribution in [0.3, 0.4) is 0 Å². The summed E-state index contributed by atoms with van der Waals surface area (Å²) in [6.07, 6.45) is 12.2. The highest BCUT2D eigenvalue weighted by atomic mass is 14.3. The number of hydrogen-bond donors (Lipinski definition) is 0. The van der Waals surface area contributed by atoms with Crippen molar-refractivity contribution in [2.75, 3.05) is 0 Å². The molecule has 0 aromatic carbocycles. The molecule has 0 amide bonds. The van der Waals surface area contributed by atoms with Crippen LogP contribution in [0.4, 0.5) is 0 Å². The fourth-order valence-corrected chi connectivity index (χ4v) is 2.22. The summed E-state index contributed by atoms with van der Waals surface area (Å²) in [5.74, 6) is 0.869. The topological polar surface area (TPSA) is 0 Å². The van der Waals surface area contributed by atoms with Crippen molar-refractivity contribution in [1.82, 2.24) is 0 Å². The maximum absolute atomic E-state index is 2.31. The molecule has 0 aromatic heterocycles. The third-order valence-corrected chi connectivity index (χ3v) is 2.88. The Kier molecular flexibility index (Phi) is 1.85. The van der Waals surface area contributed by atoms with E-state index in [0.29, 0.717) is 0 Å². The summed E-state index contributed by atoms with van der Waals surface area (Å²) < 4.78 is 0. The molecule has 0 aliphatic heterocycles. The molecule has 0 N–H and O–H groups in total. The first-order valence-electron chi connectivity index (χ1n) is 4.66. The second-order valence-corrected chi connectivity index (χ2v) is 3.50. The fraction of sp³-hybridized carbons (Fsp3) is 0.545. The summed E-state index contributed by atoms with van der Waals surface area (Å²) in [6.45, 7) is 2.30. The van der Waals surface area contributed by atoms with Crippen LogP contribution < -0.4 is 0 Å². The number of hydrogen-bond acceptors (Lipinski definition) is 0. The second-order valence-electron chi connectivity index (χ2n) is 3.50. The molecule has 2 rings (SSSR count). The molecule has 59 valence electrons. The van der Waals surface area contributed by atoms with E-state index in [2.05, 4.69) is 25.5 Å². The summed E-state index contributed by atoms with van der Waals surface area (Å²) in [4.78, 5) is 0. The van der Waals surface area contributed by atoms with Gasteiger partial charge in [0.25, 0.3) is 0 Å². The number of allylic oxidation sites excluding steroid dienone is 4. The molecule has 2 aliphatic rings. The standard InChI is InChI=1S/C11H15/c1-2-9-5-3-6-10-7-4-8-11(9)10/h4,7-9H,2-3,5-6H2,1H3. The Morgan fingerprint density at radius 2 is 2.45 bits per heavy atom. The maximum atomic E-state index is 2.31. The molecular weight excluding hydrogens is 132 g/mol. The van der Waals surface area contributed by atoms with Gasteiger partial charge in [-0.2, -0.15) is 0 Å². The van der Waals surface area contributed by atoms with E-state index in [-0.39, 0.29) is 0 Å². The third-order valence-electron chi connectivity index (χ3n) is 2.88. The molecule has 0 saturated carbocycles. The molecule has 0 heteroatoms. The Morgan fingerprint density at radius 1 is 1.55 bits per heavy atom. The zero-order chi connectivity index (χ0) is 7.68. The first-order chi connectivity index (χ1) is 5.42. The second kappa shape index (κ2) is 2.84. The molecular formula is C11H15. The Morgan fingerprint density at radius 3 is 3.27 bits per heavy atom. The minimum Gasteiger partial charge on any atom is -0.0761 e. The smallest absolute Gasteiger partial charge is 0.00865 e. The van der Waals surface area contributed by atoms with Crippen LogP contribution in [-0.4, -0.2) is 0 Å². The van der Waals surface area contributed by atoms with Gasteiger partial charge in [-0.25, -0.2) is 0 Å². The van der Waals surface area contributed by atoms with Gasteiger partial charge in [-0.15, -0.1) is 0 Å². The van der Waals surface area contributed by atoms with Gasteiger partial charge in [0.2, 0.25) is 0 Å². The highest BCUT2D eigenvalue weighted by molar-refractivity contribution is 5.44. The van der Waals surface area contributed by atoms with Gasteiger partial charge in [-0.3, -0.25) is 0 Å². The molecule has 0 nitrogen and oxygen atoms in total. The summed E-state index contributed by atoms with van der Waals surface area (Å²) in [5.41, 5.74) is 3.25. The summed E-state index contributed by atoms with van der Waals surface area (Å²) in [7, 11) is 0. The van der Waals surface area contributed by atoms with Crippen molar-refractivity contribution in [3.05, 3.63) is 29.7 Å². The Hall–Kier alpha value is -0.520. The van der Waals surface area contributed by atoms with Crippen molar-refractivity contribution < 1.29 is 0 Å². The third kappa shape index (κ3) is 1.15. The van der Waals surface area contributed by atoms with Crippen LogP contribution in [0.5, 0.6) is 0 Å². The lowest BCUT2D eigenvalue weighted by atomic mass is 9.83. The molecule has 0 aromatic rings. The summed E-state index contributed by atoms with van der Waals surface area (Å²) >= 11 is 0. The summed E-state index contributed by atoms with van der Waals surface area (Å²) in [5, 5.41) is 0. The molecule has 0 spiro atoms. The predicted octanol–water partition coefficient (Wildman–Crippen LogP) is 3.27. The first-order valence-corrected chi connectivity index (χ1v) is 4.66. The van der Waals surface area contributed by atoms with Gasteiger partial charge in [-0.05, 0) is 37.2 Å². The van der Waals surface area contributed by atoms with Crippen molar-refractivity contribution in [2.45, 2.75) is 32.6 Å². The highest BCUT2D eigenvalue weighted by Crippen LogP contribution is 2.37. The zero-order valence-electron chi connectivity index (χ0n) is 7.14. The molecule has 1 radical (unpaired) electrons. The highest BCUT2D eigenvalue weighted by Gasteiger charge is 2.21. The van der Waals surface area contributed by atoms with Crippen molar-refractivity contribution in [1.29, 1.82) is 0 Å². The van der Waals surface area contributed by atoms with E-state index in [9.17, 15) is 0 Å². The molecule has 11 heavy (non-hydrogen) atoms. The van der Waals surface area contributed by atoms with Crippen LogP contribution in [0.25, 0.3) is 0 Å².